The maximum Gasteiger partial charge on any atom is 0.240 e. The maximum absolute atomic E-state index is 11.7. The molecule has 5 heteroatoms. The van der Waals surface area contributed by atoms with Crippen LogP contribution in [0.1, 0.15) is 19.8 Å². The van der Waals surface area contributed by atoms with E-state index in [0.29, 0.717) is 45.8 Å². The van der Waals surface area contributed by atoms with E-state index in [0.717, 1.165) is 0 Å². The second-order valence-corrected chi connectivity index (χ2v) is 3.72. The Morgan fingerprint density at radius 3 is 2.80 bits per heavy atom. The molecule has 1 rings (SSSR count). The predicted octanol–water partition coefficient (Wildman–Crippen LogP) is -0.353. The van der Waals surface area contributed by atoms with Gasteiger partial charge in [0.15, 0.2) is 0 Å². The van der Waals surface area contributed by atoms with Crippen LogP contribution in [-0.2, 0) is 14.3 Å². The molecule has 1 fully saturated rings. The summed E-state index contributed by atoms with van der Waals surface area (Å²) >= 11 is 0. The van der Waals surface area contributed by atoms with Crippen molar-refractivity contribution in [3.63, 3.8) is 0 Å². The average molecular weight is 216 g/mol. The van der Waals surface area contributed by atoms with Gasteiger partial charge in [0.1, 0.15) is 0 Å². The second-order valence-electron chi connectivity index (χ2n) is 3.72. The van der Waals surface area contributed by atoms with Gasteiger partial charge >= 0.3 is 0 Å². The van der Waals surface area contributed by atoms with Gasteiger partial charge in [-0.2, -0.15) is 0 Å². The summed E-state index contributed by atoms with van der Waals surface area (Å²) in [4.78, 5) is 11.7. The lowest BCUT2D eigenvalue weighted by molar-refractivity contribution is -0.130. The molecule has 1 amide bonds. The molecule has 0 saturated carbocycles. The van der Waals surface area contributed by atoms with Crippen molar-refractivity contribution in [3.8, 4) is 0 Å². The quantitative estimate of drug-likeness (QED) is 0.616. The van der Waals surface area contributed by atoms with Crippen molar-refractivity contribution < 1.29 is 14.3 Å². The first-order valence-electron chi connectivity index (χ1n) is 5.42. The maximum atomic E-state index is 11.7. The molecule has 0 spiro atoms. The van der Waals surface area contributed by atoms with Crippen molar-refractivity contribution >= 4 is 5.91 Å². The minimum absolute atomic E-state index is 0.0921. The van der Waals surface area contributed by atoms with Crippen LogP contribution in [0, 0.1) is 0 Å². The van der Waals surface area contributed by atoms with Crippen molar-refractivity contribution in [2.24, 2.45) is 5.73 Å². The summed E-state index contributed by atoms with van der Waals surface area (Å²) in [6.45, 7) is 4.77. The molecule has 88 valence electrons. The van der Waals surface area contributed by atoms with Crippen LogP contribution in [0.2, 0.25) is 0 Å². The van der Waals surface area contributed by atoms with Crippen LogP contribution >= 0.6 is 0 Å². The largest absolute Gasteiger partial charge is 0.381 e. The van der Waals surface area contributed by atoms with E-state index < -0.39 is 5.54 Å². The number of carbonyl (C=O) groups excluding carboxylic acids is 1. The Kier molecular flexibility index (Phi) is 5.01. The van der Waals surface area contributed by atoms with Gasteiger partial charge in [0.25, 0.3) is 0 Å². The summed E-state index contributed by atoms with van der Waals surface area (Å²) < 4.78 is 10.3. The number of ether oxygens (including phenoxy) is 2. The standard InChI is InChI=1S/C10H20N2O3/c1-2-14-8-5-12-9(13)10(11)3-6-15-7-4-10/h2-8,11H2,1H3,(H,12,13). The number of hydrogen-bond acceptors (Lipinski definition) is 4. The van der Waals surface area contributed by atoms with E-state index in [9.17, 15) is 4.79 Å². The summed E-state index contributed by atoms with van der Waals surface area (Å²) in [7, 11) is 0. The summed E-state index contributed by atoms with van der Waals surface area (Å²) in [5.41, 5.74) is 5.24. The molecule has 1 aliphatic rings. The lowest BCUT2D eigenvalue weighted by Crippen LogP contribution is -2.57. The topological polar surface area (TPSA) is 73.6 Å². The Bertz CT molecular complexity index is 203. The first kappa shape index (κ1) is 12.4. The van der Waals surface area contributed by atoms with Gasteiger partial charge in [0, 0.05) is 26.4 Å². The first-order valence-corrected chi connectivity index (χ1v) is 5.42. The molecular formula is C10H20N2O3. The highest BCUT2D eigenvalue weighted by atomic mass is 16.5. The van der Waals surface area contributed by atoms with Crippen molar-refractivity contribution in [1.82, 2.24) is 5.32 Å². The Labute approximate surface area is 90.3 Å². The van der Waals surface area contributed by atoms with Crippen LogP contribution in [0.4, 0.5) is 0 Å². The molecule has 0 aliphatic carbocycles. The molecule has 0 radical (unpaired) electrons. The van der Waals surface area contributed by atoms with E-state index in [1.54, 1.807) is 0 Å². The summed E-state index contributed by atoms with van der Waals surface area (Å²) in [6.07, 6.45) is 1.18. The Hall–Kier alpha value is -0.650. The van der Waals surface area contributed by atoms with Crippen molar-refractivity contribution in [2.75, 3.05) is 33.0 Å². The van der Waals surface area contributed by atoms with Crippen LogP contribution in [0.5, 0.6) is 0 Å². The highest BCUT2D eigenvalue weighted by Crippen LogP contribution is 2.17. The Balaban J connectivity index is 2.25. The van der Waals surface area contributed by atoms with Gasteiger partial charge in [-0.05, 0) is 19.8 Å². The second kappa shape index (κ2) is 6.05. The average Bonchev–Trinajstić information content (AvgIpc) is 2.25. The molecule has 0 atom stereocenters. The fourth-order valence-electron chi connectivity index (χ4n) is 1.52. The summed E-state index contributed by atoms with van der Waals surface area (Å²) in [5.74, 6) is -0.0921. The van der Waals surface area contributed by atoms with Crippen LogP contribution in [-0.4, -0.2) is 44.4 Å². The molecule has 15 heavy (non-hydrogen) atoms. The van der Waals surface area contributed by atoms with Crippen LogP contribution in [0.3, 0.4) is 0 Å². The zero-order valence-electron chi connectivity index (χ0n) is 9.25. The molecule has 1 saturated heterocycles. The number of hydrogen-bond donors (Lipinski definition) is 2. The lowest BCUT2D eigenvalue weighted by Gasteiger charge is -2.31. The lowest BCUT2D eigenvalue weighted by atomic mass is 9.90. The molecule has 0 unspecified atom stereocenters. The third-order valence-electron chi connectivity index (χ3n) is 2.57. The molecule has 3 N–H and O–H groups in total. The van der Waals surface area contributed by atoms with Gasteiger partial charge in [0.2, 0.25) is 5.91 Å². The zero-order chi connectivity index (χ0) is 11.1. The van der Waals surface area contributed by atoms with E-state index in [-0.39, 0.29) is 5.91 Å². The zero-order valence-corrected chi connectivity index (χ0v) is 9.25. The van der Waals surface area contributed by atoms with E-state index in [4.69, 9.17) is 15.2 Å². The minimum atomic E-state index is -0.746. The number of nitrogens with two attached hydrogens (primary N) is 1. The SMILES string of the molecule is CCOCCNC(=O)C1(N)CCOCC1. The van der Waals surface area contributed by atoms with Crippen molar-refractivity contribution in [2.45, 2.75) is 25.3 Å². The molecule has 1 aliphatic heterocycles. The van der Waals surface area contributed by atoms with Crippen molar-refractivity contribution in [3.05, 3.63) is 0 Å². The van der Waals surface area contributed by atoms with Gasteiger partial charge in [0.05, 0.1) is 12.1 Å². The van der Waals surface area contributed by atoms with Gasteiger partial charge < -0.3 is 20.5 Å². The fraction of sp³-hybridized carbons (Fsp3) is 0.900. The Morgan fingerprint density at radius 2 is 2.20 bits per heavy atom. The molecule has 0 aromatic heterocycles. The summed E-state index contributed by atoms with van der Waals surface area (Å²) in [5, 5.41) is 2.78. The van der Waals surface area contributed by atoms with Gasteiger partial charge in [-0.3, -0.25) is 4.79 Å². The predicted molar refractivity (Wildman–Crippen MR) is 56.5 cm³/mol. The smallest absolute Gasteiger partial charge is 0.240 e. The van der Waals surface area contributed by atoms with E-state index >= 15 is 0 Å². The third-order valence-corrected chi connectivity index (χ3v) is 2.57. The molecule has 5 nitrogen and oxygen atoms in total. The number of amides is 1. The fourth-order valence-corrected chi connectivity index (χ4v) is 1.52. The first-order chi connectivity index (χ1) is 7.19. The van der Waals surface area contributed by atoms with E-state index in [1.165, 1.54) is 0 Å². The van der Waals surface area contributed by atoms with Crippen LogP contribution in [0.25, 0.3) is 0 Å². The monoisotopic (exact) mass is 216 g/mol. The highest BCUT2D eigenvalue weighted by Gasteiger charge is 2.35. The third kappa shape index (κ3) is 3.77. The normalized spacial score (nSPS) is 19.9. The molecular weight excluding hydrogens is 196 g/mol. The highest BCUT2D eigenvalue weighted by molar-refractivity contribution is 5.86. The Morgan fingerprint density at radius 1 is 1.53 bits per heavy atom. The molecule has 0 aromatic rings. The minimum Gasteiger partial charge on any atom is -0.381 e. The number of nitrogens with one attached hydrogen (secondary N) is 1. The van der Waals surface area contributed by atoms with Crippen LogP contribution in [0.15, 0.2) is 0 Å². The molecule has 1 heterocycles. The van der Waals surface area contributed by atoms with E-state index in [2.05, 4.69) is 5.32 Å². The van der Waals surface area contributed by atoms with E-state index in [1.807, 2.05) is 6.92 Å². The van der Waals surface area contributed by atoms with Gasteiger partial charge in [-0.1, -0.05) is 0 Å². The van der Waals surface area contributed by atoms with Gasteiger partial charge in [-0.15, -0.1) is 0 Å². The summed E-state index contributed by atoms with van der Waals surface area (Å²) in [6, 6.07) is 0. The molecule has 0 aromatic carbocycles. The number of rotatable bonds is 5. The molecule has 0 bridgehead atoms. The van der Waals surface area contributed by atoms with Gasteiger partial charge in [-0.25, -0.2) is 0 Å². The number of carbonyl (C=O) groups is 1. The van der Waals surface area contributed by atoms with Crippen LogP contribution < -0.4 is 11.1 Å². The van der Waals surface area contributed by atoms with Crippen molar-refractivity contribution in [1.29, 1.82) is 0 Å².